The second kappa shape index (κ2) is 9.06. The predicted molar refractivity (Wildman–Crippen MR) is 128 cm³/mol. The highest BCUT2D eigenvalue weighted by Crippen LogP contribution is 2.47. The summed E-state index contributed by atoms with van der Waals surface area (Å²) >= 11 is 0. The SMILES string of the molecule is COc1ccccc1/C(O)=C1\C(=O)C(=O)N(c2ccc3c(c2)OCCO3)C1c1ccccc1OC. The van der Waals surface area contributed by atoms with Gasteiger partial charge in [0.25, 0.3) is 11.7 Å². The molecule has 0 spiro atoms. The van der Waals surface area contributed by atoms with Gasteiger partial charge in [0.1, 0.15) is 30.5 Å². The summed E-state index contributed by atoms with van der Waals surface area (Å²) in [6.45, 7) is 0.802. The molecule has 1 amide bonds. The lowest BCUT2D eigenvalue weighted by molar-refractivity contribution is -0.132. The summed E-state index contributed by atoms with van der Waals surface area (Å²) in [5.41, 5.74) is 1.20. The first kappa shape index (κ1) is 22.3. The zero-order valence-corrected chi connectivity index (χ0v) is 19.2. The number of aliphatic hydroxyl groups is 1. The van der Waals surface area contributed by atoms with Crippen LogP contribution in [-0.2, 0) is 9.59 Å². The third-order valence-corrected chi connectivity index (χ3v) is 6.04. The van der Waals surface area contributed by atoms with E-state index < -0.39 is 17.7 Å². The van der Waals surface area contributed by atoms with Crippen LogP contribution in [0.2, 0.25) is 0 Å². The Morgan fingerprint density at radius 2 is 1.54 bits per heavy atom. The molecule has 35 heavy (non-hydrogen) atoms. The molecule has 5 rings (SSSR count). The van der Waals surface area contributed by atoms with E-state index in [1.54, 1.807) is 66.7 Å². The topological polar surface area (TPSA) is 94.5 Å². The minimum atomic E-state index is -0.960. The third-order valence-electron chi connectivity index (χ3n) is 6.04. The van der Waals surface area contributed by atoms with Crippen LogP contribution in [0, 0.1) is 0 Å². The number of anilines is 1. The van der Waals surface area contributed by atoms with Crippen molar-refractivity contribution in [3.05, 3.63) is 83.4 Å². The Labute approximate surface area is 201 Å². The number of carbonyl (C=O) groups excluding carboxylic acids is 2. The molecule has 2 aliphatic rings. The quantitative estimate of drug-likeness (QED) is 0.339. The van der Waals surface area contributed by atoms with E-state index in [-0.39, 0.29) is 11.3 Å². The van der Waals surface area contributed by atoms with E-state index >= 15 is 0 Å². The van der Waals surface area contributed by atoms with Crippen LogP contribution in [0.1, 0.15) is 17.2 Å². The van der Waals surface area contributed by atoms with E-state index in [0.29, 0.717) is 53.0 Å². The smallest absolute Gasteiger partial charge is 0.300 e. The van der Waals surface area contributed by atoms with Crippen LogP contribution in [-0.4, -0.2) is 44.2 Å². The summed E-state index contributed by atoms with van der Waals surface area (Å²) in [5, 5.41) is 11.4. The minimum Gasteiger partial charge on any atom is -0.507 e. The highest BCUT2D eigenvalue weighted by atomic mass is 16.6. The molecule has 1 fully saturated rings. The Balaban J connectivity index is 1.75. The number of benzene rings is 3. The Bertz CT molecular complexity index is 1350. The van der Waals surface area contributed by atoms with E-state index in [1.807, 2.05) is 0 Å². The summed E-state index contributed by atoms with van der Waals surface area (Å²) in [4.78, 5) is 28.2. The normalized spacial score (nSPS) is 18.5. The maximum atomic E-state index is 13.4. The highest BCUT2D eigenvalue weighted by Gasteiger charge is 2.48. The number of Topliss-reactive ketones (excluding diaryl/α,β-unsaturated/α-hetero) is 1. The van der Waals surface area contributed by atoms with Gasteiger partial charge in [0, 0.05) is 17.3 Å². The number of hydrogen-bond acceptors (Lipinski definition) is 7. The Kier molecular flexibility index (Phi) is 5.78. The largest absolute Gasteiger partial charge is 0.507 e. The van der Waals surface area contributed by atoms with Gasteiger partial charge in [-0.2, -0.15) is 0 Å². The fraction of sp³-hybridized carbons (Fsp3) is 0.185. The van der Waals surface area contributed by atoms with E-state index in [0.717, 1.165) is 0 Å². The van der Waals surface area contributed by atoms with Crippen molar-refractivity contribution in [3.8, 4) is 23.0 Å². The van der Waals surface area contributed by atoms with Crippen molar-refractivity contribution in [1.29, 1.82) is 0 Å². The molecular formula is C27H23NO7. The summed E-state index contributed by atoms with van der Waals surface area (Å²) in [6.07, 6.45) is 0. The molecule has 2 heterocycles. The molecule has 1 N–H and O–H groups in total. The lowest BCUT2D eigenvalue weighted by Gasteiger charge is -2.28. The fourth-order valence-corrected chi connectivity index (χ4v) is 4.45. The van der Waals surface area contributed by atoms with Gasteiger partial charge in [-0.3, -0.25) is 14.5 Å². The molecule has 0 bridgehead atoms. The third kappa shape index (κ3) is 3.73. The molecule has 1 atom stereocenters. The number of methoxy groups -OCH3 is 2. The van der Waals surface area contributed by atoms with Crippen molar-refractivity contribution in [1.82, 2.24) is 0 Å². The first-order valence-electron chi connectivity index (χ1n) is 11.0. The van der Waals surface area contributed by atoms with E-state index in [9.17, 15) is 14.7 Å². The first-order chi connectivity index (χ1) is 17.0. The number of nitrogens with zero attached hydrogens (tertiary/aromatic N) is 1. The maximum Gasteiger partial charge on any atom is 0.300 e. The minimum absolute atomic E-state index is 0.0705. The van der Waals surface area contributed by atoms with Crippen LogP contribution < -0.4 is 23.8 Å². The van der Waals surface area contributed by atoms with Gasteiger partial charge < -0.3 is 24.1 Å². The van der Waals surface area contributed by atoms with Crippen LogP contribution in [0.25, 0.3) is 5.76 Å². The number of aliphatic hydroxyl groups excluding tert-OH is 1. The second-order valence-electron chi connectivity index (χ2n) is 7.94. The number of rotatable bonds is 5. The molecule has 0 radical (unpaired) electrons. The lowest BCUT2D eigenvalue weighted by atomic mass is 9.94. The van der Waals surface area contributed by atoms with Crippen LogP contribution in [0.3, 0.4) is 0 Å². The molecule has 1 saturated heterocycles. The summed E-state index contributed by atoms with van der Waals surface area (Å²) < 4.78 is 22.2. The molecule has 1 unspecified atom stereocenters. The van der Waals surface area contributed by atoms with Gasteiger partial charge in [-0.15, -0.1) is 0 Å². The molecule has 0 saturated carbocycles. The van der Waals surface area contributed by atoms with Gasteiger partial charge in [0.2, 0.25) is 0 Å². The highest BCUT2D eigenvalue weighted by molar-refractivity contribution is 6.51. The molecule has 0 aromatic heterocycles. The van der Waals surface area contributed by atoms with Crippen molar-refractivity contribution < 1.29 is 33.6 Å². The lowest BCUT2D eigenvalue weighted by Crippen LogP contribution is -2.30. The Morgan fingerprint density at radius 1 is 0.886 bits per heavy atom. The Hall–Kier alpha value is -4.46. The molecule has 3 aromatic carbocycles. The van der Waals surface area contributed by atoms with E-state index in [1.165, 1.54) is 19.1 Å². The van der Waals surface area contributed by atoms with Crippen molar-refractivity contribution in [2.24, 2.45) is 0 Å². The van der Waals surface area contributed by atoms with Crippen molar-refractivity contribution in [2.75, 3.05) is 32.3 Å². The van der Waals surface area contributed by atoms with E-state index in [4.69, 9.17) is 18.9 Å². The number of amides is 1. The zero-order chi connectivity index (χ0) is 24.5. The van der Waals surface area contributed by atoms with E-state index in [2.05, 4.69) is 0 Å². The number of ether oxygens (including phenoxy) is 4. The number of ketones is 1. The number of hydrogen-bond donors (Lipinski definition) is 1. The van der Waals surface area contributed by atoms with Crippen LogP contribution in [0.4, 0.5) is 5.69 Å². The molecular weight excluding hydrogens is 450 g/mol. The number of carbonyl (C=O) groups is 2. The van der Waals surface area contributed by atoms with Crippen LogP contribution in [0.5, 0.6) is 23.0 Å². The standard InChI is InChI=1S/C27H23NO7/c1-32-19-9-5-3-7-17(19)24-23(25(29)18-8-4-6-10-20(18)33-2)26(30)27(31)28(24)16-11-12-21-22(15-16)35-14-13-34-21/h3-12,15,24,29H,13-14H2,1-2H3/b25-23+. The summed E-state index contributed by atoms with van der Waals surface area (Å²) in [5.74, 6) is -0.0780. The zero-order valence-electron chi connectivity index (χ0n) is 19.2. The number of fused-ring (bicyclic) bond motifs is 1. The van der Waals surface area contributed by atoms with Crippen LogP contribution in [0.15, 0.2) is 72.3 Å². The van der Waals surface area contributed by atoms with Gasteiger partial charge in [-0.1, -0.05) is 30.3 Å². The van der Waals surface area contributed by atoms with Gasteiger partial charge in [0.05, 0.1) is 31.4 Å². The summed E-state index contributed by atoms with van der Waals surface area (Å²) in [7, 11) is 2.98. The first-order valence-corrected chi connectivity index (χ1v) is 11.0. The predicted octanol–water partition coefficient (Wildman–Crippen LogP) is 4.10. The van der Waals surface area contributed by atoms with Crippen molar-refractivity contribution >= 4 is 23.1 Å². The monoisotopic (exact) mass is 473 g/mol. The average molecular weight is 473 g/mol. The number of para-hydroxylation sites is 2. The average Bonchev–Trinajstić information content (AvgIpc) is 3.17. The van der Waals surface area contributed by atoms with Gasteiger partial charge >= 0.3 is 0 Å². The molecule has 3 aromatic rings. The van der Waals surface area contributed by atoms with Gasteiger partial charge in [-0.05, 0) is 30.3 Å². The van der Waals surface area contributed by atoms with Gasteiger partial charge in [0.15, 0.2) is 11.5 Å². The molecule has 0 aliphatic carbocycles. The Morgan fingerprint density at radius 3 is 2.29 bits per heavy atom. The molecule has 2 aliphatic heterocycles. The molecule has 8 nitrogen and oxygen atoms in total. The second-order valence-corrected chi connectivity index (χ2v) is 7.94. The van der Waals surface area contributed by atoms with Crippen molar-refractivity contribution in [3.63, 3.8) is 0 Å². The van der Waals surface area contributed by atoms with Crippen molar-refractivity contribution in [2.45, 2.75) is 6.04 Å². The van der Waals surface area contributed by atoms with Crippen LogP contribution >= 0.6 is 0 Å². The molecule has 178 valence electrons. The summed E-state index contributed by atoms with van der Waals surface area (Å²) in [6, 6.07) is 17.9. The fourth-order valence-electron chi connectivity index (χ4n) is 4.45. The molecule has 8 heteroatoms. The maximum absolute atomic E-state index is 13.4. The van der Waals surface area contributed by atoms with Gasteiger partial charge in [-0.25, -0.2) is 0 Å².